The zero-order valence-corrected chi connectivity index (χ0v) is 61.9. The molecule has 3 heterocycles. The lowest BCUT2D eigenvalue weighted by Gasteiger charge is -2.30. The molecule has 2 bridgehead atoms. The number of thioether (sulfide) groups is 3. The van der Waals surface area contributed by atoms with Crippen LogP contribution in [0, 0.1) is 0 Å². The van der Waals surface area contributed by atoms with Crippen LogP contribution in [0.5, 0.6) is 5.75 Å². The van der Waals surface area contributed by atoms with E-state index in [1.807, 2.05) is 10.6 Å². The number of rotatable bonds is 33. The number of nitrogens with two attached hydrogens (primary N) is 1. The summed E-state index contributed by atoms with van der Waals surface area (Å²) in [6.45, 7) is -0.647. The van der Waals surface area contributed by atoms with Crippen LogP contribution in [-0.4, -0.2) is 318 Å². The molecule has 15 atom stereocenters. The Kier molecular flexibility index (Phi) is 40.4. The number of nitrogens with zero attached hydrogens (tertiary/aromatic N) is 1. The van der Waals surface area contributed by atoms with Gasteiger partial charge in [-0.3, -0.25) is 86.3 Å². The molecule has 3 aliphatic rings. The maximum atomic E-state index is 14.6. The van der Waals surface area contributed by atoms with E-state index in [0.717, 1.165) is 37.4 Å². The van der Waals surface area contributed by atoms with Gasteiger partial charge in [0.2, 0.25) is 82.7 Å². The molecule has 1 aromatic rings. The van der Waals surface area contributed by atoms with Crippen LogP contribution >= 0.6 is 35.3 Å². The zero-order valence-electron chi connectivity index (χ0n) is 59.5. The molecule has 0 aliphatic carbocycles. The van der Waals surface area contributed by atoms with E-state index in [2.05, 4.69) is 58.5 Å². The van der Waals surface area contributed by atoms with Crippen LogP contribution < -0.4 is 79.6 Å². The Morgan fingerprint density at radius 2 is 1.15 bits per heavy atom. The topological polar surface area (TPSA) is 664 Å². The molecule has 0 unspecified atom stereocenters. The summed E-state index contributed by atoms with van der Waals surface area (Å²) in [6.07, 6.45) is -4.80. The van der Waals surface area contributed by atoms with E-state index in [1.165, 1.54) is 47.8 Å². The third kappa shape index (κ3) is 31.6. The van der Waals surface area contributed by atoms with E-state index < -0.39 is 261 Å². The number of carboxylic acids is 4. The summed E-state index contributed by atoms with van der Waals surface area (Å²) in [7, 11) is 0. The van der Waals surface area contributed by atoms with Gasteiger partial charge in [0.1, 0.15) is 90.8 Å². The van der Waals surface area contributed by atoms with Gasteiger partial charge in [-0.25, -0.2) is 0 Å². The normalized spacial score (nSPS) is 22.0. The number of fused-ring (bicyclic) bond motifs is 26. The SMILES string of the molecule is CSCC[C@@H]1NC(=O)[C@H](C)NC(=O)[C@H](CCC(=O)O)NC(=O)[C@@H](NC(=O)[C@@H]2CCCN2C(=O)[C@H](CO)NC(=O)[C@H](CO)NC(=O)CN)Cc2ccc(cc2)OCCSC[C@@H](C(=O)N[C@H](C(=O)N[C@@H](CC(=O)O)C(=O)N[C@H](C(=O)NCC(=O)O)[C@@H](C)O)[C@@H](C)O)NC(=O)[C@H](CCSC)NC(=O)[C@H](CC(=O)O)NC1=O. The Bertz CT molecular complexity index is 3360. The third-order valence-electron chi connectivity index (χ3n) is 16.1. The van der Waals surface area contributed by atoms with Crippen molar-refractivity contribution in [2.75, 3.05) is 75.0 Å². The highest BCUT2D eigenvalue weighted by Gasteiger charge is 2.42. The van der Waals surface area contributed by atoms with Crippen LogP contribution in [0.25, 0.3) is 0 Å². The van der Waals surface area contributed by atoms with E-state index in [4.69, 9.17) is 15.6 Å². The summed E-state index contributed by atoms with van der Waals surface area (Å²) in [5.41, 5.74) is 5.60. The van der Waals surface area contributed by atoms with Gasteiger partial charge >= 0.3 is 23.9 Å². The molecule has 4 rings (SSSR count). The van der Waals surface area contributed by atoms with E-state index in [0.29, 0.717) is 5.56 Å². The Labute approximate surface area is 630 Å². The predicted molar refractivity (Wildman–Crippen MR) is 381 cm³/mol. The number of carbonyl (C=O) groups excluding carboxylic acids is 14. The van der Waals surface area contributed by atoms with Crippen LogP contribution in [-0.2, 0) is 92.7 Å². The second-order valence-electron chi connectivity index (χ2n) is 24.6. The fourth-order valence-electron chi connectivity index (χ4n) is 10.4. The van der Waals surface area contributed by atoms with Crippen LogP contribution in [0.4, 0.5) is 0 Å². The second-order valence-corrected chi connectivity index (χ2v) is 27.7. The summed E-state index contributed by atoms with van der Waals surface area (Å²) in [5, 5.41) is 109. The Balaban J connectivity index is 2.18. The first-order valence-corrected chi connectivity index (χ1v) is 37.6. The van der Waals surface area contributed by atoms with E-state index >= 15 is 0 Å². The molecule has 45 heteroatoms. The first-order valence-electron chi connectivity index (χ1n) is 33.6. The van der Waals surface area contributed by atoms with Gasteiger partial charge in [-0.15, -0.1) is 0 Å². The molecule has 3 aliphatic heterocycles. The molecule has 42 nitrogen and oxygen atoms in total. The number of aliphatic carboxylic acids is 4. The molecule has 108 heavy (non-hydrogen) atoms. The average Bonchev–Trinajstić information content (AvgIpc) is 1.63. The highest BCUT2D eigenvalue weighted by molar-refractivity contribution is 7.99. The molecule has 0 spiro atoms. The van der Waals surface area contributed by atoms with Crippen molar-refractivity contribution in [1.82, 2.24) is 74.0 Å². The van der Waals surface area contributed by atoms with Crippen LogP contribution in [0.1, 0.15) is 77.7 Å². The summed E-state index contributed by atoms with van der Waals surface area (Å²) in [5.74, 6) is -22.4. The van der Waals surface area contributed by atoms with Crippen LogP contribution in [0.15, 0.2) is 24.3 Å². The number of aliphatic hydroxyl groups is 4. The number of carboxylic acid groups (broad SMARTS) is 4. The highest BCUT2D eigenvalue weighted by atomic mass is 32.2. The zero-order chi connectivity index (χ0) is 81.1. The molecule has 23 N–H and O–H groups in total. The number of likely N-dealkylation sites (tertiary alicyclic amines) is 1. The van der Waals surface area contributed by atoms with Crippen molar-refractivity contribution < 1.29 is 132 Å². The lowest BCUT2D eigenvalue weighted by Crippen LogP contribution is -2.63. The van der Waals surface area contributed by atoms with Gasteiger partial charge < -0.3 is 125 Å². The first kappa shape index (κ1) is 92.5. The minimum absolute atomic E-state index is 0.0247. The predicted octanol–water partition coefficient (Wildman–Crippen LogP) is -9.59. The van der Waals surface area contributed by atoms with Crippen molar-refractivity contribution in [2.24, 2.45) is 5.73 Å². The quantitative estimate of drug-likeness (QED) is 0.0291. The molecule has 0 aromatic heterocycles. The van der Waals surface area contributed by atoms with Gasteiger partial charge in [0.05, 0.1) is 51.4 Å². The summed E-state index contributed by atoms with van der Waals surface area (Å²) < 4.78 is 5.95. The van der Waals surface area contributed by atoms with Crippen molar-refractivity contribution in [2.45, 2.75) is 169 Å². The van der Waals surface area contributed by atoms with Gasteiger partial charge in [0.25, 0.3) is 0 Å². The Morgan fingerprint density at radius 3 is 1.70 bits per heavy atom. The van der Waals surface area contributed by atoms with Crippen LogP contribution in [0.3, 0.4) is 0 Å². The van der Waals surface area contributed by atoms with Crippen LogP contribution in [0.2, 0.25) is 0 Å². The Hall–Kier alpha value is -9.67. The third-order valence-corrected chi connectivity index (χ3v) is 18.5. The molecule has 0 radical (unpaired) electrons. The second kappa shape index (κ2) is 47.2. The molecule has 14 amide bonds. The summed E-state index contributed by atoms with van der Waals surface area (Å²) in [4.78, 5) is 242. The molecule has 602 valence electrons. The lowest BCUT2D eigenvalue weighted by molar-refractivity contribution is -0.143. The van der Waals surface area contributed by atoms with Gasteiger partial charge in [0.15, 0.2) is 0 Å². The van der Waals surface area contributed by atoms with E-state index in [1.54, 1.807) is 12.5 Å². The van der Waals surface area contributed by atoms with Crippen molar-refractivity contribution in [3.63, 3.8) is 0 Å². The number of hydrogen-bond donors (Lipinski definition) is 22. The Morgan fingerprint density at radius 1 is 0.611 bits per heavy atom. The minimum atomic E-state index is -2.11. The summed E-state index contributed by atoms with van der Waals surface area (Å²) >= 11 is 3.30. The molecule has 1 aromatic carbocycles. The fraction of sp³-hybridized carbons (Fsp3) is 0.619. The molecular weight excluding hydrogens is 1490 g/mol. The maximum absolute atomic E-state index is 14.6. The average molecular weight is 1590 g/mol. The number of carbonyl (C=O) groups is 18. The van der Waals surface area contributed by atoms with Crippen molar-refractivity contribution in [1.29, 1.82) is 0 Å². The number of nitrogens with one attached hydrogen (secondary N) is 13. The number of aliphatic hydroxyl groups excluding tert-OH is 4. The van der Waals surface area contributed by atoms with Gasteiger partial charge in [-0.05, 0) is 94.6 Å². The monoisotopic (exact) mass is 1590 g/mol. The molecule has 0 saturated carbocycles. The largest absolute Gasteiger partial charge is 0.493 e. The van der Waals surface area contributed by atoms with Gasteiger partial charge in [-0.1, -0.05) is 12.1 Å². The summed E-state index contributed by atoms with van der Waals surface area (Å²) in [6, 6.07) is -17.2. The maximum Gasteiger partial charge on any atom is 0.322 e. The fourth-order valence-corrected chi connectivity index (χ4v) is 12.2. The van der Waals surface area contributed by atoms with Crippen molar-refractivity contribution in [3.05, 3.63) is 29.8 Å². The minimum Gasteiger partial charge on any atom is -0.493 e. The molecule has 1 saturated heterocycles. The highest BCUT2D eigenvalue weighted by Crippen LogP contribution is 2.21. The van der Waals surface area contributed by atoms with E-state index in [-0.39, 0.29) is 61.8 Å². The number of hydrogen-bond acceptors (Lipinski definition) is 27. The van der Waals surface area contributed by atoms with Crippen molar-refractivity contribution in [3.8, 4) is 5.75 Å². The molecular formula is C63H95N15O27S3. The smallest absolute Gasteiger partial charge is 0.322 e. The molecule has 1 fully saturated rings. The standard InChI is InChI=1S/C63H95N15O27S3/c1-29-51(92)68-35(14-18-106-4)53(94)71-38(22-46(86)87)56(97)70-36(15-19-107-5)54(95)75-42(59(100)77-50(31(3)82)62(103)73-39(23-47(88)89)57(98)76-49(30(2)81)61(102)65-25-48(90)91)28-108-20-17-105-33-10-8-32(9-11-33)21-37(55(96)69-34(52(93)66-29)12-13-45(84)85)72-60(101)43-7-6-16-78(43)63(104)41(27-80)74-58(99)40(26-79)67-44(83)24-64/h8-11,29-31,34-43,49-50,79-82H,6-7,12-28,64H2,1-5H3,(H,65,102)(H,66,93)(H,67,83)(H,68,92)(H,69,96)(H,70,97)(H,71,94)(H,72,101)(H,73,103)(H,74,99)(H,75,95)(H,76,98)(H,77,100)(H,84,85)(H,86,87)(H,88,89)(H,90,91)/t29-,30+,31+,34-,35-,36-,37-,38-,39-,40-,41-,42-,43-,49-,50-/m0/s1. The van der Waals surface area contributed by atoms with E-state index in [9.17, 15) is 122 Å². The van der Waals surface area contributed by atoms with Crippen molar-refractivity contribution >= 4 is 142 Å². The number of amides is 14. The lowest BCUT2D eigenvalue weighted by atomic mass is 10.0. The van der Waals surface area contributed by atoms with Gasteiger partial charge in [0, 0.05) is 30.9 Å². The van der Waals surface area contributed by atoms with Gasteiger partial charge in [-0.2, -0.15) is 35.3 Å². The number of ether oxygens (including phenoxy) is 1. The number of benzene rings is 1. The first-order chi connectivity index (χ1) is 51.0.